The Bertz CT molecular complexity index is 334. The molecule has 0 bridgehead atoms. The Labute approximate surface area is 104 Å². The quantitative estimate of drug-likeness (QED) is 0.872. The molecular weight excluding hydrogens is 272 g/mol. The fourth-order valence-corrected chi connectivity index (χ4v) is 1.48. The topological polar surface area (TPSA) is 43.4 Å². The van der Waals surface area contributed by atoms with E-state index in [1.165, 1.54) is 0 Å². The molecule has 16 heavy (non-hydrogen) atoms. The number of hydrogen-bond acceptors (Lipinski definition) is 4. The molecule has 1 aromatic heterocycles. The van der Waals surface area contributed by atoms with Gasteiger partial charge in [-0.2, -0.15) is 0 Å². The zero-order valence-electron chi connectivity index (χ0n) is 9.79. The zero-order valence-corrected chi connectivity index (χ0v) is 11.4. The molecule has 0 aromatic carbocycles. The lowest BCUT2D eigenvalue weighted by Crippen LogP contribution is -2.26. The van der Waals surface area contributed by atoms with E-state index >= 15 is 0 Å². The van der Waals surface area contributed by atoms with Crippen LogP contribution in [0.25, 0.3) is 0 Å². The van der Waals surface area contributed by atoms with Crippen molar-refractivity contribution < 1.29 is 9.47 Å². The van der Waals surface area contributed by atoms with Crippen molar-refractivity contribution in [3.05, 3.63) is 22.3 Å². The van der Waals surface area contributed by atoms with Crippen LogP contribution >= 0.6 is 15.9 Å². The molecule has 0 aliphatic heterocycles. The summed E-state index contributed by atoms with van der Waals surface area (Å²) in [5, 5.41) is 3.21. The van der Waals surface area contributed by atoms with Crippen molar-refractivity contribution in [1.29, 1.82) is 0 Å². The summed E-state index contributed by atoms with van der Waals surface area (Å²) < 4.78 is 11.3. The molecule has 5 heteroatoms. The van der Waals surface area contributed by atoms with E-state index in [2.05, 4.69) is 26.2 Å². The molecule has 0 saturated heterocycles. The lowest BCUT2D eigenvalue weighted by Gasteiger charge is -2.15. The maximum Gasteiger partial charge on any atom is 0.126 e. The van der Waals surface area contributed by atoms with Crippen molar-refractivity contribution in [1.82, 2.24) is 4.98 Å². The monoisotopic (exact) mass is 288 g/mol. The van der Waals surface area contributed by atoms with E-state index in [9.17, 15) is 0 Å². The van der Waals surface area contributed by atoms with Crippen molar-refractivity contribution in [2.45, 2.75) is 13.0 Å². The van der Waals surface area contributed by atoms with Crippen LogP contribution in [0.5, 0.6) is 0 Å². The maximum atomic E-state index is 5.24. The van der Waals surface area contributed by atoms with Crippen molar-refractivity contribution in [3.8, 4) is 0 Å². The van der Waals surface area contributed by atoms with Gasteiger partial charge in [0.1, 0.15) is 5.82 Å². The van der Waals surface area contributed by atoms with E-state index in [0.717, 1.165) is 16.0 Å². The van der Waals surface area contributed by atoms with Crippen molar-refractivity contribution >= 4 is 21.7 Å². The predicted octanol–water partition coefficient (Wildman–Crippen LogP) is 2.23. The average molecular weight is 289 g/mol. The lowest BCUT2D eigenvalue weighted by molar-refractivity contribution is 0.0365. The van der Waals surface area contributed by atoms with Gasteiger partial charge in [-0.05, 0) is 35.0 Å². The highest BCUT2D eigenvalue weighted by molar-refractivity contribution is 9.10. The standard InChI is InChI=1S/C11H17BrN2O2/c1-8-10(12)4-5-11(14-8)13-6-9(16-3)7-15-2/h4-5,9H,6-7H2,1-3H3,(H,13,14). The van der Waals surface area contributed by atoms with Crippen LogP contribution < -0.4 is 5.32 Å². The van der Waals surface area contributed by atoms with Crippen LogP contribution in [0.3, 0.4) is 0 Å². The number of aromatic nitrogens is 1. The average Bonchev–Trinajstić information content (AvgIpc) is 2.28. The second kappa shape index (κ2) is 6.83. The van der Waals surface area contributed by atoms with Crippen LogP contribution in [0.1, 0.15) is 5.69 Å². The van der Waals surface area contributed by atoms with Crippen LogP contribution in [0, 0.1) is 6.92 Å². The molecule has 0 radical (unpaired) electrons. The highest BCUT2D eigenvalue weighted by atomic mass is 79.9. The minimum atomic E-state index is 0.0377. The molecule has 1 N–H and O–H groups in total. The first-order valence-corrected chi connectivity index (χ1v) is 5.85. The van der Waals surface area contributed by atoms with Crippen molar-refractivity contribution in [2.24, 2.45) is 0 Å². The second-order valence-electron chi connectivity index (χ2n) is 3.46. The number of halogens is 1. The van der Waals surface area contributed by atoms with Gasteiger partial charge in [0.15, 0.2) is 0 Å². The molecule has 1 aromatic rings. The first kappa shape index (κ1) is 13.4. The Hall–Kier alpha value is -0.650. The number of nitrogens with zero attached hydrogens (tertiary/aromatic N) is 1. The van der Waals surface area contributed by atoms with Crippen LogP contribution in [0.4, 0.5) is 5.82 Å². The summed E-state index contributed by atoms with van der Waals surface area (Å²) in [5.74, 6) is 0.846. The Morgan fingerprint density at radius 2 is 2.19 bits per heavy atom. The molecule has 90 valence electrons. The lowest BCUT2D eigenvalue weighted by atomic mass is 10.3. The van der Waals surface area contributed by atoms with E-state index in [-0.39, 0.29) is 6.10 Å². The number of hydrogen-bond donors (Lipinski definition) is 1. The molecule has 1 unspecified atom stereocenters. The molecule has 0 spiro atoms. The van der Waals surface area contributed by atoms with Gasteiger partial charge >= 0.3 is 0 Å². The van der Waals surface area contributed by atoms with Gasteiger partial charge < -0.3 is 14.8 Å². The van der Waals surface area contributed by atoms with E-state index in [4.69, 9.17) is 9.47 Å². The summed E-state index contributed by atoms with van der Waals surface area (Å²) in [4.78, 5) is 4.38. The van der Waals surface area contributed by atoms with Gasteiger partial charge in [0.2, 0.25) is 0 Å². The predicted molar refractivity (Wildman–Crippen MR) is 67.8 cm³/mol. The number of rotatable bonds is 6. The first-order chi connectivity index (χ1) is 7.67. The number of aryl methyl sites for hydroxylation is 1. The van der Waals surface area contributed by atoms with Crippen molar-refractivity contribution in [2.75, 3.05) is 32.7 Å². The summed E-state index contributed by atoms with van der Waals surface area (Å²) in [5.41, 5.74) is 0.964. The summed E-state index contributed by atoms with van der Waals surface area (Å²) >= 11 is 3.41. The molecule has 1 heterocycles. The van der Waals surface area contributed by atoms with Gasteiger partial charge in [0, 0.05) is 25.2 Å². The highest BCUT2D eigenvalue weighted by Gasteiger charge is 2.07. The molecule has 0 aliphatic carbocycles. The SMILES string of the molecule is COCC(CNc1ccc(Br)c(C)n1)OC. The van der Waals surface area contributed by atoms with Crippen LogP contribution in [-0.2, 0) is 9.47 Å². The molecule has 4 nitrogen and oxygen atoms in total. The molecule has 0 saturated carbocycles. The number of ether oxygens (including phenoxy) is 2. The molecule has 1 rings (SSSR count). The fourth-order valence-electron chi connectivity index (χ4n) is 1.26. The summed E-state index contributed by atoms with van der Waals surface area (Å²) in [6.07, 6.45) is 0.0377. The molecule has 0 aliphatic rings. The Morgan fingerprint density at radius 1 is 1.44 bits per heavy atom. The normalized spacial score (nSPS) is 12.5. The Morgan fingerprint density at radius 3 is 2.75 bits per heavy atom. The highest BCUT2D eigenvalue weighted by Crippen LogP contribution is 2.16. The number of methoxy groups -OCH3 is 2. The largest absolute Gasteiger partial charge is 0.382 e. The van der Waals surface area contributed by atoms with E-state index in [0.29, 0.717) is 13.2 Å². The number of nitrogens with one attached hydrogen (secondary N) is 1. The molecule has 0 fully saturated rings. The van der Waals surface area contributed by atoms with Gasteiger partial charge in [-0.25, -0.2) is 4.98 Å². The van der Waals surface area contributed by atoms with E-state index < -0.39 is 0 Å². The summed E-state index contributed by atoms with van der Waals surface area (Å²) in [6.45, 7) is 3.20. The Balaban J connectivity index is 2.50. The van der Waals surface area contributed by atoms with Crippen LogP contribution in [-0.4, -0.2) is 38.5 Å². The van der Waals surface area contributed by atoms with Gasteiger partial charge in [-0.15, -0.1) is 0 Å². The smallest absolute Gasteiger partial charge is 0.126 e. The second-order valence-corrected chi connectivity index (χ2v) is 4.31. The molecule has 1 atom stereocenters. The number of anilines is 1. The van der Waals surface area contributed by atoms with Gasteiger partial charge in [0.05, 0.1) is 18.4 Å². The van der Waals surface area contributed by atoms with Crippen LogP contribution in [0.15, 0.2) is 16.6 Å². The molecule has 0 amide bonds. The third-order valence-electron chi connectivity index (χ3n) is 2.22. The third-order valence-corrected chi connectivity index (χ3v) is 3.06. The zero-order chi connectivity index (χ0) is 12.0. The summed E-state index contributed by atoms with van der Waals surface area (Å²) in [7, 11) is 3.33. The van der Waals surface area contributed by atoms with Gasteiger partial charge in [-0.1, -0.05) is 0 Å². The van der Waals surface area contributed by atoms with Crippen LogP contribution in [0.2, 0.25) is 0 Å². The summed E-state index contributed by atoms with van der Waals surface area (Å²) in [6, 6.07) is 3.90. The Kier molecular flexibility index (Phi) is 5.73. The number of pyridine rings is 1. The first-order valence-electron chi connectivity index (χ1n) is 5.06. The third kappa shape index (κ3) is 4.08. The molecular formula is C11H17BrN2O2. The van der Waals surface area contributed by atoms with E-state index in [1.54, 1.807) is 14.2 Å². The van der Waals surface area contributed by atoms with Crippen molar-refractivity contribution in [3.63, 3.8) is 0 Å². The maximum absolute atomic E-state index is 5.24. The van der Waals surface area contributed by atoms with E-state index in [1.807, 2.05) is 19.1 Å². The van der Waals surface area contributed by atoms with Gasteiger partial charge in [0.25, 0.3) is 0 Å². The van der Waals surface area contributed by atoms with Gasteiger partial charge in [-0.3, -0.25) is 0 Å². The fraction of sp³-hybridized carbons (Fsp3) is 0.545. The minimum absolute atomic E-state index is 0.0377. The minimum Gasteiger partial charge on any atom is -0.382 e.